The molecule has 8 nitrogen and oxygen atoms in total. The van der Waals surface area contributed by atoms with E-state index in [2.05, 4.69) is 20.8 Å². The molecule has 2 amide bonds. The van der Waals surface area contributed by atoms with Crippen LogP contribution in [0.25, 0.3) is 0 Å². The van der Waals surface area contributed by atoms with Gasteiger partial charge < -0.3 is 24.2 Å². The summed E-state index contributed by atoms with van der Waals surface area (Å²) in [6.45, 7) is 5.96. The molecule has 0 fully saturated rings. The third-order valence-corrected chi connectivity index (χ3v) is 3.75. The second-order valence-electron chi connectivity index (χ2n) is 6.32. The summed E-state index contributed by atoms with van der Waals surface area (Å²) in [6.07, 6.45) is 1.58. The summed E-state index contributed by atoms with van der Waals surface area (Å²) < 4.78 is 16.5. The fourth-order valence-corrected chi connectivity index (χ4v) is 2.31. The average molecular weight is 370 g/mol. The maximum atomic E-state index is 12.3. The minimum absolute atomic E-state index is 0.130. The highest BCUT2D eigenvalue weighted by atomic mass is 16.5. The zero-order valence-electron chi connectivity index (χ0n) is 15.4. The summed E-state index contributed by atoms with van der Waals surface area (Å²) >= 11 is 0. The molecule has 3 rings (SSSR count). The molecule has 27 heavy (non-hydrogen) atoms. The van der Waals surface area contributed by atoms with Crippen molar-refractivity contribution in [1.29, 1.82) is 0 Å². The van der Waals surface area contributed by atoms with Gasteiger partial charge in [-0.1, -0.05) is 26.0 Å². The lowest BCUT2D eigenvalue weighted by Gasteiger charge is -2.14. The largest absolute Gasteiger partial charge is 0.483 e. The lowest BCUT2D eigenvalue weighted by Crippen LogP contribution is -2.31. The zero-order chi connectivity index (χ0) is 19.2. The van der Waals surface area contributed by atoms with Crippen LogP contribution in [-0.2, 0) is 6.61 Å². The van der Waals surface area contributed by atoms with Gasteiger partial charge in [-0.05, 0) is 31.2 Å². The Morgan fingerprint density at radius 2 is 1.89 bits per heavy atom. The molecule has 8 heteroatoms. The van der Waals surface area contributed by atoms with Gasteiger partial charge in [0.15, 0.2) is 0 Å². The number of carbonyl (C=O) groups is 1. The molecule has 2 heterocycles. The molecular formula is C19H22N4O4. The Balaban J connectivity index is 1.60. The number of rotatable bonds is 7. The van der Waals surface area contributed by atoms with Gasteiger partial charge in [-0.15, -0.1) is 10.2 Å². The highest BCUT2D eigenvalue weighted by Gasteiger charge is 2.18. The van der Waals surface area contributed by atoms with Gasteiger partial charge in [-0.25, -0.2) is 4.79 Å². The standard InChI is InChI=1S/C19H22N4O4/c1-12(2)17-22-23-18(27-17)13(3)20-19(24)21-15-8-4-5-9-16(15)26-11-14-7-6-10-25-14/h4-10,12-13H,11H2,1-3H3,(H2,20,21,24). The number of ether oxygens (including phenoxy) is 1. The van der Waals surface area contributed by atoms with Crippen LogP contribution >= 0.6 is 0 Å². The number of furan rings is 1. The number of urea groups is 1. The van der Waals surface area contributed by atoms with Crippen LogP contribution < -0.4 is 15.4 Å². The number of anilines is 1. The van der Waals surface area contributed by atoms with Crippen molar-refractivity contribution in [2.75, 3.05) is 5.32 Å². The van der Waals surface area contributed by atoms with E-state index in [1.807, 2.05) is 32.0 Å². The number of para-hydroxylation sites is 2. The molecule has 0 aliphatic carbocycles. The fourth-order valence-electron chi connectivity index (χ4n) is 2.31. The molecule has 0 aliphatic heterocycles. The minimum Gasteiger partial charge on any atom is -0.483 e. The fraction of sp³-hybridized carbons (Fsp3) is 0.316. The molecule has 142 valence electrons. The molecule has 0 aliphatic rings. The first-order chi connectivity index (χ1) is 13.0. The van der Waals surface area contributed by atoms with Gasteiger partial charge in [0.1, 0.15) is 24.2 Å². The maximum Gasteiger partial charge on any atom is 0.319 e. The summed E-state index contributed by atoms with van der Waals surface area (Å²) in [6, 6.07) is 9.95. The summed E-state index contributed by atoms with van der Waals surface area (Å²) in [5.41, 5.74) is 0.544. The molecule has 0 bridgehead atoms. The molecule has 3 aromatic rings. The van der Waals surface area contributed by atoms with E-state index < -0.39 is 12.1 Å². The number of hydrogen-bond donors (Lipinski definition) is 2. The number of nitrogens with one attached hydrogen (secondary N) is 2. The zero-order valence-corrected chi connectivity index (χ0v) is 15.4. The van der Waals surface area contributed by atoms with E-state index in [9.17, 15) is 4.79 Å². The van der Waals surface area contributed by atoms with E-state index in [4.69, 9.17) is 13.6 Å². The molecule has 2 N–H and O–H groups in total. The van der Waals surface area contributed by atoms with E-state index in [-0.39, 0.29) is 12.5 Å². The highest BCUT2D eigenvalue weighted by molar-refractivity contribution is 5.91. The average Bonchev–Trinajstić information content (AvgIpc) is 3.33. The molecule has 1 atom stereocenters. The van der Waals surface area contributed by atoms with Crippen LogP contribution in [0.5, 0.6) is 5.75 Å². The first kappa shape index (κ1) is 18.5. The van der Waals surface area contributed by atoms with Crippen molar-refractivity contribution in [1.82, 2.24) is 15.5 Å². The number of benzene rings is 1. The lowest BCUT2D eigenvalue weighted by molar-refractivity contribution is 0.246. The molecule has 1 unspecified atom stereocenters. The van der Waals surface area contributed by atoms with Crippen LogP contribution in [0.15, 0.2) is 51.5 Å². The van der Waals surface area contributed by atoms with Crippen molar-refractivity contribution < 1.29 is 18.4 Å². The molecule has 0 spiro atoms. The van der Waals surface area contributed by atoms with Crippen molar-refractivity contribution >= 4 is 11.7 Å². The Hall–Kier alpha value is -3.29. The monoisotopic (exact) mass is 370 g/mol. The Labute approximate surface area is 156 Å². The van der Waals surface area contributed by atoms with E-state index >= 15 is 0 Å². The smallest absolute Gasteiger partial charge is 0.319 e. The molecule has 0 radical (unpaired) electrons. The van der Waals surface area contributed by atoms with E-state index in [1.54, 1.807) is 31.4 Å². The first-order valence-electron chi connectivity index (χ1n) is 8.68. The summed E-state index contributed by atoms with van der Waals surface area (Å²) in [4.78, 5) is 12.3. The Morgan fingerprint density at radius 1 is 1.11 bits per heavy atom. The van der Waals surface area contributed by atoms with Crippen molar-refractivity contribution in [2.24, 2.45) is 0 Å². The van der Waals surface area contributed by atoms with Crippen LogP contribution in [-0.4, -0.2) is 16.2 Å². The Morgan fingerprint density at radius 3 is 2.59 bits per heavy atom. The van der Waals surface area contributed by atoms with Crippen molar-refractivity contribution in [3.63, 3.8) is 0 Å². The summed E-state index contributed by atoms with van der Waals surface area (Å²) in [5.74, 6) is 2.26. The first-order valence-corrected chi connectivity index (χ1v) is 8.68. The molecule has 1 aromatic carbocycles. The lowest BCUT2D eigenvalue weighted by atomic mass is 10.2. The molecule has 2 aromatic heterocycles. The van der Waals surface area contributed by atoms with Gasteiger partial charge in [0.25, 0.3) is 0 Å². The van der Waals surface area contributed by atoms with Crippen molar-refractivity contribution in [3.05, 3.63) is 60.2 Å². The predicted octanol–water partition coefficient (Wildman–Crippen LogP) is 4.25. The van der Waals surface area contributed by atoms with E-state index in [0.29, 0.717) is 29.0 Å². The van der Waals surface area contributed by atoms with Gasteiger partial charge in [-0.2, -0.15) is 0 Å². The van der Waals surface area contributed by atoms with Crippen molar-refractivity contribution in [2.45, 2.75) is 39.3 Å². The maximum absolute atomic E-state index is 12.3. The van der Waals surface area contributed by atoms with Crippen LogP contribution in [0.1, 0.15) is 50.3 Å². The van der Waals surface area contributed by atoms with Gasteiger partial charge in [0, 0.05) is 5.92 Å². The summed E-state index contributed by atoms with van der Waals surface area (Å²) in [7, 11) is 0. The molecule has 0 saturated heterocycles. The highest BCUT2D eigenvalue weighted by Crippen LogP contribution is 2.25. The third-order valence-electron chi connectivity index (χ3n) is 3.75. The second-order valence-corrected chi connectivity index (χ2v) is 6.32. The SMILES string of the molecule is CC(C)c1nnc(C(C)NC(=O)Nc2ccccc2OCc2ccco2)o1. The van der Waals surface area contributed by atoms with Crippen LogP contribution in [0, 0.1) is 0 Å². The number of hydrogen-bond acceptors (Lipinski definition) is 6. The van der Waals surface area contributed by atoms with Crippen LogP contribution in [0.4, 0.5) is 10.5 Å². The van der Waals surface area contributed by atoms with Crippen molar-refractivity contribution in [3.8, 4) is 5.75 Å². The third kappa shape index (κ3) is 4.87. The minimum atomic E-state index is -0.429. The topological polar surface area (TPSA) is 102 Å². The van der Waals surface area contributed by atoms with Crippen LogP contribution in [0.2, 0.25) is 0 Å². The Bertz CT molecular complexity index is 873. The predicted molar refractivity (Wildman–Crippen MR) is 98.4 cm³/mol. The van der Waals surface area contributed by atoms with E-state index in [0.717, 1.165) is 0 Å². The number of carbonyl (C=O) groups excluding carboxylic acids is 1. The van der Waals surface area contributed by atoms with Gasteiger partial charge in [0.2, 0.25) is 11.8 Å². The number of amides is 2. The molecular weight excluding hydrogens is 348 g/mol. The van der Waals surface area contributed by atoms with Gasteiger partial charge in [-0.3, -0.25) is 0 Å². The summed E-state index contributed by atoms with van der Waals surface area (Å²) in [5, 5.41) is 13.5. The Kier molecular flexibility index (Phi) is 5.75. The molecule has 0 saturated carbocycles. The number of nitrogens with zero attached hydrogens (tertiary/aromatic N) is 2. The van der Waals surface area contributed by atoms with Gasteiger partial charge >= 0.3 is 6.03 Å². The normalized spacial score (nSPS) is 12.0. The van der Waals surface area contributed by atoms with Gasteiger partial charge in [0.05, 0.1) is 12.0 Å². The van der Waals surface area contributed by atoms with E-state index in [1.165, 1.54) is 0 Å². The van der Waals surface area contributed by atoms with Crippen LogP contribution in [0.3, 0.4) is 0 Å². The number of aromatic nitrogens is 2. The quantitative estimate of drug-likeness (QED) is 0.645. The second kappa shape index (κ2) is 8.39.